The number of aliphatic hydroxyl groups excluding tert-OH is 1. The van der Waals surface area contributed by atoms with Crippen LogP contribution in [-0.4, -0.2) is 24.4 Å². The molecule has 4 aliphatic rings. The third-order valence-corrected chi connectivity index (χ3v) is 11.1. The highest BCUT2D eigenvalue weighted by Gasteiger charge is 2.64. The molecule has 0 aromatic carbocycles. The Labute approximate surface area is 174 Å². The van der Waals surface area contributed by atoms with Crippen LogP contribution in [0, 0.1) is 52.3 Å². The van der Waals surface area contributed by atoms with Crippen molar-refractivity contribution in [3.05, 3.63) is 0 Å². The second-order valence-corrected chi connectivity index (χ2v) is 11.7. The topological polar surface area (TPSA) is 29.5 Å². The molecule has 0 aliphatic heterocycles. The Morgan fingerprint density at radius 1 is 0.964 bits per heavy atom. The molecule has 4 aliphatic carbocycles. The predicted octanol–water partition coefficient (Wildman–Crippen LogP) is 6.31. The van der Waals surface area contributed by atoms with Crippen molar-refractivity contribution >= 4 is 0 Å². The lowest BCUT2D eigenvalue weighted by molar-refractivity contribution is -0.205. The molecule has 2 nitrogen and oxygen atoms in total. The van der Waals surface area contributed by atoms with E-state index in [0.29, 0.717) is 34.7 Å². The molecule has 1 N–H and O–H groups in total. The minimum atomic E-state index is -0.0935. The summed E-state index contributed by atoms with van der Waals surface area (Å²) in [6.07, 6.45) is 11.9. The summed E-state index contributed by atoms with van der Waals surface area (Å²) in [5.74, 6) is 4.81. The molecular formula is C26H46O2. The van der Waals surface area contributed by atoms with Crippen molar-refractivity contribution in [2.75, 3.05) is 7.11 Å². The van der Waals surface area contributed by atoms with E-state index in [1.54, 1.807) is 0 Å². The summed E-state index contributed by atoms with van der Waals surface area (Å²) < 4.78 is 5.81. The molecule has 0 aromatic rings. The van der Waals surface area contributed by atoms with Crippen LogP contribution in [0.2, 0.25) is 0 Å². The van der Waals surface area contributed by atoms with Crippen LogP contribution in [0.3, 0.4) is 0 Å². The van der Waals surface area contributed by atoms with E-state index in [2.05, 4.69) is 34.6 Å². The lowest BCUT2D eigenvalue weighted by atomic mass is 9.41. The third-order valence-electron chi connectivity index (χ3n) is 11.1. The van der Waals surface area contributed by atoms with Gasteiger partial charge < -0.3 is 9.84 Å². The fourth-order valence-electron chi connectivity index (χ4n) is 9.42. The molecule has 4 fully saturated rings. The quantitative estimate of drug-likeness (QED) is 0.609. The molecule has 162 valence electrons. The van der Waals surface area contributed by atoms with Gasteiger partial charge in [0.15, 0.2) is 0 Å². The largest absolute Gasteiger partial charge is 0.393 e. The molecular weight excluding hydrogens is 344 g/mol. The number of aliphatic hydroxyl groups is 1. The average molecular weight is 391 g/mol. The maximum atomic E-state index is 11.8. The number of fused-ring (bicyclic) bond motifs is 5. The van der Waals surface area contributed by atoms with E-state index in [9.17, 15) is 5.11 Å². The molecule has 0 bridgehead atoms. The zero-order valence-corrected chi connectivity index (χ0v) is 19.4. The fourth-order valence-corrected chi connectivity index (χ4v) is 9.42. The van der Waals surface area contributed by atoms with Crippen LogP contribution < -0.4 is 0 Å². The third kappa shape index (κ3) is 2.87. The first-order valence-electron chi connectivity index (χ1n) is 12.5. The van der Waals surface area contributed by atoms with Gasteiger partial charge in [0.25, 0.3) is 0 Å². The van der Waals surface area contributed by atoms with E-state index in [0.717, 1.165) is 30.1 Å². The lowest BCUT2D eigenvalue weighted by Gasteiger charge is -2.65. The first-order chi connectivity index (χ1) is 13.3. The molecule has 0 radical (unpaired) electrons. The number of hydrogen-bond acceptors (Lipinski definition) is 2. The molecule has 0 spiro atoms. The van der Waals surface area contributed by atoms with Gasteiger partial charge >= 0.3 is 0 Å². The zero-order valence-electron chi connectivity index (χ0n) is 19.4. The van der Waals surface area contributed by atoms with Gasteiger partial charge in [0, 0.05) is 7.11 Å². The highest BCUT2D eigenvalue weighted by Crippen LogP contribution is 2.69. The van der Waals surface area contributed by atoms with Crippen LogP contribution in [-0.2, 0) is 4.74 Å². The number of ether oxygens (including phenoxy) is 1. The van der Waals surface area contributed by atoms with Crippen molar-refractivity contribution in [2.45, 2.75) is 105 Å². The summed E-state index contributed by atoms with van der Waals surface area (Å²) in [4.78, 5) is 0. The van der Waals surface area contributed by atoms with Gasteiger partial charge in [0.1, 0.15) is 0 Å². The SMILES string of the molecule is CC[C@H]1[C@@H](O)[C@@H]2[C@H](CC[C@]3(C)[C@@H]([C@H](C)CC)CC[C@@H]23)[C@@]2(C)CC[C@@H](OC)C[C@@H]12. The van der Waals surface area contributed by atoms with Gasteiger partial charge in [-0.25, -0.2) is 0 Å². The van der Waals surface area contributed by atoms with Gasteiger partial charge in [-0.2, -0.15) is 0 Å². The lowest BCUT2D eigenvalue weighted by Crippen LogP contribution is -2.62. The average Bonchev–Trinajstić information content (AvgIpc) is 3.05. The maximum absolute atomic E-state index is 11.8. The second-order valence-electron chi connectivity index (χ2n) is 11.7. The van der Waals surface area contributed by atoms with Crippen molar-refractivity contribution in [3.8, 4) is 0 Å². The van der Waals surface area contributed by atoms with Crippen molar-refractivity contribution in [3.63, 3.8) is 0 Å². The molecule has 0 saturated heterocycles. The standard InChI is InChI=1S/C26H46O2/c1-7-16(3)19-9-10-20-23-21(12-14-25(19,20)4)26(5)13-11-17(28-6)15-22(26)18(8-2)24(23)27/h16-24,27H,7-15H2,1-6H3/t16-,17-,18-,19-,20+,21+,22+,23+,24-,25-,26-/m1/s1. The van der Waals surface area contributed by atoms with Gasteiger partial charge in [0.2, 0.25) is 0 Å². The number of rotatable bonds is 4. The summed E-state index contributed by atoms with van der Waals surface area (Å²) in [7, 11) is 1.88. The Morgan fingerprint density at radius 3 is 2.29 bits per heavy atom. The Morgan fingerprint density at radius 2 is 1.64 bits per heavy atom. The smallest absolute Gasteiger partial charge is 0.0605 e. The molecule has 11 atom stereocenters. The maximum Gasteiger partial charge on any atom is 0.0605 e. The van der Waals surface area contributed by atoms with Crippen molar-refractivity contribution in [1.82, 2.24) is 0 Å². The minimum Gasteiger partial charge on any atom is -0.393 e. The first kappa shape index (κ1) is 21.2. The second kappa shape index (κ2) is 7.56. The molecule has 28 heavy (non-hydrogen) atoms. The van der Waals surface area contributed by atoms with Crippen molar-refractivity contribution in [1.29, 1.82) is 0 Å². The van der Waals surface area contributed by atoms with Crippen LogP contribution in [0.4, 0.5) is 0 Å². The van der Waals surface area contributed by atoms with Crippen LogP contribution in [0.5, 0.6) is 0 Å². The van der Waals surface area contributed by atoms with Crippen molar-refractivity contribution < 1.29 is 9.84 Å². The first-order valence-corrected chi connectivity index (χ1v) is 12.5. The van der Waals surface area contributed by atoms with Crippen LogP contribution in [0.25, 0.3) is 0 Å². The van der Waals surface area contributed by atoms with Gasteiger partial charge in [-0.1, -0.05) is 47.5 Å². The van der Waals surface area contributed by atoms with E-state index in [4.69, 9.17) is 4.74 Å². The monoisotopic (exact) mass is 390 g/mol. The number of hydrogen-bond donors (Lipinski definition) is 1. The fraction of sp³-hybridized carbons (Fsp3) is 1.00. The predicted molar refractivity (Wildman–Crippen MR) is 116 cm³/mol. The molecule has 0 amide bonds. The molecule has 4 saturated carbocycles. The van der Waals surface area contributed by atoms with E-state index >= 15 is 0 Å². The van der Waals surface area contributed by atoms with Gasteiger partial charge in [-0.15, -0.1) is 0 Å². The summed E-state index contributed by atoms with van der Waals surface area (Å²) in [5.41, 5.74) is 0.873. The molecule has 0 unspecified atom stereocenters. The van der Waals surface area contributed by atoms with Crippen LogP contribution in [0.15, 0.2) is 0 Å². The Kier molecular flexibility index (Phi) is 5.71. The van der Waals surface area contributed by atoms with Crippen LogP contribution in [0.1, 0.15) is 92.4 Å². The molecule has 0 aromatic heterocycles. The molecule has 0 heterocycles. The summed E-state index contributed by atoms with van der Waals surface area (Å²) in [5, 5.41) is 11.8. The Bertz CT molecular complexity index is 561. The van der Waals surface area contributed by atoms with Gasteiger partial charge in [-0.3, -0.25) is 0 Å². The van der Waals surface area contributed by atoms with E-state index in [-0.39, 0.29) is 6.10 Å². The van der Waals surface area contributed by atoms with E-state index in [1.807, 2.05) is 7.11 Å². The molecule has 2 heteroatoms. The van der Waals surface area contributed by atoms with Crippen molar-refractivity contribution in [2.24, 2.45) is 52.3 Å². The van der Waals surface area contributed by atoms with E-state index in [1.165, 1.54) is 51.4 Å². The van der Waals surface area contributed by atoms with Gasteiger partial charge in [0.05, 0.1) is 12.2 Å². The zero-order chi connectivity index (χ0) is 20.3. The minimum absolute atomic E-state index is 0.0935. The van der Waals surface area contributed by atoms with Crippen LogP contribution >= 0.6 is 0 Å². The summed E-state index contributed by atoms with van der Waals surface area (Å²) in [6, 6.07) is 0. The Balaban J connectivity index is 1.68. The van der Waals surface area contributed by atoms with E-state index < -0.39 is 0 Å². The summed E-state index contributed by atoms with van der Waals surface area (Å²) in [6.45, 7) is 12.4. The number of methoxy groups -OCH3 is 1. The normalized spacial score (nSPS) is 54.5. The highest BCUT2D eigenvalue weighted by atomic mass is 16.5. The molecule has 4 rings (SSSR count). The highest BCUT2D eigenvalue weighted by molar-refractivity contribution is 5.13. The summed E-state index contributed by atoms with van der Waals surface area (Å²) >= 11 is 0. The Hall–Kier alpha value is -0.0800. The van der Waals surface area contributed by atoms with Gasteiger partial charge in [-0.05, 0) is 97.2 Å².